The smallest absolute Gasteiger partial charge is 0.256 e. The predicted molar refractivity (Wildman–Crippen MR) is 117 cm³/mol. The average molecular weight is 418 g/mol. The fraction of sp³-hybridized carbons (Fsp3) is 0. The third-order valence-electron chi connectivity index (χ3n) is 4.47. The van der Waals surface area contributed by atoms with Crippen molar-refractivity contribution in [2.75, 3.05) is 5.32 Å². The van der Waals surface area contributed by atoms with Crippen LogP contribution >= 0.6 is 11.6 Å². The number of amides is 1. The topological polar surface area (TPSA) is 94.3 Å². The number of carbonyl (C=O) groups is 1. The lowest BCUT2D eigenvalue weighted by molar-refractivity contribution is 0.102. The number of hydrogen-bond acceptors (Lipinski definition) is 5. The summed E-state index contributed by atoms with van der Waals surface area (Å²) in [4.78, 5) is 12.8. The monoisotopic (exact) mass is 417 g/mol. The molecule has 1 amide bonds. The number of anilines is 1. The summed E-state index contributed by atoms with van der Waals surface area (Å²) in [5.41, 5.74) is 1.29. The maximum atomic E-state index is 12.8. The summed E-state index contributed by atoms with van der Waals surface area (Å²) < 4.78 is 0. The van der Waals surface area contributed by atoms with Crippen LogP contribution in [0.5, 0.6) is 11.5 Å². The van der Waals surface area contributed by atoms with Gasteiger partial charge in [0, 0.05) is 16.1 Å². The van der Waals surface area contributed by atoms with Crippen molar-refractivity contribution in [3.05, 3.63) is 89.4 Å². The SMILES string of the molecule is O=C(Nc1ccccc1)c1cc(O)c(N=Nc2cc(Cl)ccc2O)c2ccccc12. The van der Waals surface area contributed by atoms with Crippen molar-refractivity contribution in [2.45, 2.75) is 0 Å². The zero-order chi connectivity index (χ0) is 21.1. The van der Waals surface area contributed by atoms with Gasteiger partial charge in [0.2, 0.25) is 0 Å². The Bertz CT molecular complexity index is 1270. The fourth-order valence-corrected chi connectivity index (χ4v) is 3.21. The van der Waals surface area contributed by atoms with Gasteiger partial charge in [0.1, 0.15) is 22.9 Å². The highest BCUT2D eigenvalue weighted by atomic mass is 35.5. The van der Waals surface area contributed by atoms with Gasteiger partial charge in [-0.25, -0.2) is 0 Å². The normalized spacial score (nSPS) is 11.1. The number of azo groups is 1. The van der Waals surface area contributed by atoms with E-state index >= 15 is 0 Å². The molecule has 4 aromatic rings. The molecular weight excluding hydrogens is 402 g/mol. The van der Waals surface area contributed by atoms with Crippen LogP contribution < -0.4 is 5.32 Å². The maximum absolute atomic E-state index is 12.8. The molecule has 6 nitrogen and oxygen atoms in total. The second-order valence-electron chi connectivity index (χ2n) is 6.49. The molecule has 30 heavy (non-hydrogen) atoms. The van der Waals surface area contributed by atoms with Crippen molar-refractivity contribution in [3.8, 4) is 11.5 Å². The Labute approximate surface area is 177 Å². The van der Waals surface area contributed by atoms with Gasteiger partial charge in [0.05, 0.1) is 5.56 Å². The van der Waals surface area contributed by atoms with Crippen molar-refractivity contribution >= 4 is 45.3 Å². The van der Waals surface area contributed by atoms with Crippen LogP contribution in [0.1, 0.15) is 10.4 Å². The van der Waals surface area contributed by atoms with Crippen LogP contribution in [0.15, 0.2) is 89.1 Å². The number of rotatable bonds is 4. The number of hydrogen-bond donors (Lipinski definition) is 3. The minimum atomic E-state index is -0.358. The second kappa shape index (κ2) is 8.23. The Balaban J connectivity index is 1.77. The quantitative estimate of drug-likeness (QED) is 0.327. The third kappa shape index (κ3) is 3.94. The van der Waals surface area contributed by atoms with Crippen LogP contribution in [0.25, 0.3) is 10.8 Å². The van der Waals surface area contributed by atoms with Crippen LogP contribution in [0.3, 0.4) is 0 Å². The first kappa shape index (κ1) is 19.4. The van der Waals surface area contributed by atoms with E-state index < -0.39 is 0 Å². The molecule has 148 valence electrons. The highest BCUT2D eigenvalue weighted by Gasteiger charge is 2.17. The van der Waals surface area contributed by atoms with Gasteiger partial charge in [0.15, 0.2) is 0 Å². The predicted octanol–water partition coefficient (Wildman–Crippen LogP) is 6.57. The fourth-order valence-electron chi connectivity index (χ4n) is 3.04. The standard InChI is InChI=1S/C23H16ClN3O3/c24-14-10-11-20(28)19(12-14)26-27-22-17-9-5-4-8-16(17)18(13-21(22)29)23(30)25-15-6-2-1-3-7-15/h1-13,28-29H,(H,25,30). The molecule has 0 saturated carbocycles. The van der Waals surface area contributed by atoms with Gasteiger partial charge in [-0.1, -0.05) is 54.1 Å². The first-order valence-corrected chi connectivity index (χ1v) is 9.42. The average Bonchev–Trinajstić information content (AvgIpc) is 2.75. The molecule has 3 N–H and O–H groups in total. The van der Waals surface area contributed by atoms with Crippen LogP contribution in [-0.2, 0) is 0 Å². The molecule has 0 radical (unpaired) electrons. The van der Waals surface area contributed by atoms with E-state index in [4.69, 9.17) is 11.6 Å². The molecule has 0 unspecified atom stereocenters. The molecule has 4 rings (SSSR count). The number of aromatic hydroxyl groups is 2. The van der Waals surface area contributed by atoms with Crippen molar-refractivity contribution in [3.63, 3.8) is 0 Å². The zero-order valence-electron chi connectivity index (χ0n) is 15.6. The first-order chi connectivity index (χ1) is 14.5. The molecule has 0 bridgehead atoms. The lowest BCUT2D eigenvalue weighted by atomic mass is 10.0. The summed E-state index contributed by atoms with van der Waals surface area (Å²) in [6, 6.07) is 21.9. The molecule has 0 fully saturated rings. The van der Waals surface area contributed by atoms with Crippen molar-refractivity contribution in [1.29, 1.82) is 0 Å². The molecule has 0 spiro atoms. The van der Waals surface area contributed by atoms with E-state index in [9.17, 15) is 15.0 Å². The molecular formula is C23H16ClN3O3. The largest absolute Gasteiger partial charge is 0.506 e. The van der Waals surface area contributed by atoms with E-state index in [1.807, 2.05) is 18.2 Å². The lowest BCUT2D eigenvalue weighted by Crippen LogP contribution is -2.12. The summed E-state index contributed by atoms with van der Waals surface area (Å²) in [6.07, 6.45) is 0. The van der Waals surface area contributed by atoms with Gasteiger partial charge < -0.3 is 15.5 Å². The minimum Gasteiger partial charge on any atom is -0.506 e. The first-order valence-electron chi connectivity index (χ1n) is 9.04. The number of fused-ring (bicyclic) bond motifs is 1. The molecule has 4 aromatic carbocycles. The van der Waals surface area contributed by atoms with Crippen molar-refractivity contribution in [1.82, 2.24) is 0 Å². The second-order valence-corrected chi connectivity index (χ2v) is 6.93. The van der Waals surface area contributed by atoms with Gasteiger partial charge >= 0.3 is 0 Å². The molecule has 0 atom stereocenters. The van der Waals surface area contributed by atoms with E-state index in [2.05, 4.69) is 15.5 Å². The summed E-state index contributed by atoms with van der Waals surface area (Å²) in [5.74, 6) is -0.661. The van der Waals surface area contributed by atoms with E-state index in [-0.39, 0.29) is 28.8 Å². The molecule has 0 saturated heterocycles. The van der Waals surface area contributed by atoms with E-state index in [1.54, 1.807) is 36.4 Å². The van der Waals surface area contributed by atoms with Crippen LogP contribution in [0, 0.1) is 0 Å². The van der Waals surface area contributed by atoms with Gasteiger partial charge in [-0.15, -0.1) is 10.2 Å². The number of nitrogens with one attached hydrogen (secondary N) is 1. The number of phenolic OH excluding ortho intramolecular Hbond substituents is 2. The molecule has 0 aromatic heterocycles. The summed E-state index contributed by atoms with van der Waals surface area (Å²) in [7, 11) is 0. The maximum Gasteiger partial charge on any atom is 0.256 e. The van der Waals surface area contributed by atoms with Gasteiger partial charge in [-0.2, -0.15) is 0 Å². The highest BCUT2D eigenvalue weighted by Crippen LogP contribution is 2.39. The Morgan fingerprint density at radius 2 is 1.50 bits per heavy atom. The Kier molecular flexibility index (Phi) is 5.32. The third-order valence-corrected chi connectivity index (χ3v) is 4.70. The number of carbonyl (C=O) groups excluding carboxylic acids is 1. The molecule has 0 aliphatic rings. The summed E-state index contributed by atoms with van der Waals surface area (Å²) >= 11 is 5.94. The minimum absolute atomic E-state index is 0.0918. The summed E-state index contributed by atoms with van der Waals surface area (Å²) in [6.45, 7) is 0. The van der Waals surface area contributed by atoms with E-state index in [0.717, 1.165) is 0 Å². The number of phenols is 2. The molecule has 0 aliphatic heterocycles. The molecule has 0 aliphatic carbocycles. The zero-order valence-corrected chi connectivity index (χ0v) is 16.3. The van der Waals surface area contributed by atoms with Crippen LogP contribution in [-0.4, -0.2) is 16.1 Å². The number of halogens is 1. The van der Waals surface area contributed by atoms with Gasteiger partial charge in [-0.3, -0.25) is 4.79 Å². The van der Waals surface area contributed by atoms with E-state index in [1.165, 1.54) is 24.3 Å². The number of nitrogens with zero attached hydrogens (tertiary/aromatic N) is 2. The lowest BCUT2D eigenvalue weighted by Gasteiger charge is -2.11. The van der Waals surface area contributed by atoms with E-state index in [0.29, 0.717) is 27.0 Å². The Morgan fingerprint density at radius 3 is 2.27 bits per heavy atom. The van der Waals surface area contributed by atoms with Crippen molar-refractivity contribution in [2.24, 2.45) is 10.2 Å². The molecule has 0 heterocycles. The van der Waals surface area contributed by atoms with Gasteiger partial charge in [0.25, 0.3) is 5.91 Å². The van der Waals surface area contributed by atoms with Gasteiger partial charge in [-0.05, 0) is 41.8 Å². The number of para-hydroxylation sites is 1. The van der Waals surface area contributed by atoms with Crippen molar-refractivity contribution < 1.29 is 15.0 Å². The Hall–Kier alpha value is -3.90. The van der Waals surface area contributed by atoms with Crippen LogP contribution in [0.4, 0.5) is 17.1 Å². The number of benzene rings is 4. The molecule has 7 heteroatoms. The highest BCUT2D eigenvalue weighted by molar-refractivity contribution is 6.30. The summed E-state index contributed by atoms with van der Waals surface area (Å²) in [5, 5.41) is 33.0. The Morgan fingerprint density at radius 1 is 0.800 bits per heavy atom. The van der Waals surface area contributed by atoms with Crippen LogP contribution in [0.2, 0.25) is 5.02 Å².